The number of carbonyl (C=O) groups is 2. The minimum atomic E-state index is -0.570. The highest BCUT2D eigenvalue weighted by molar-refractivity contribution is 9.10. The number of aryl methyl sites for hydroxylation is 1. The minimum Gasteiger partial charge on any atom is -0.456 e. The molecule has 0 aliphatic carbocycles. The van der Waals surface area contributed by atoms with E-state index < -0.39 is 18.5 Å². The van der Waals surface area contributed by atoms with Gasteiger partial charge in [0.2, 0.25) is 0 Å². The van der Waals surface area contributed by atoms with Crippen LogP contribution in [0.3, 0.4) is 0 Å². The highest BCUT2D eigenvalue weighted by Crippen LogP contribution is 2.23. The van der Waals surface area contributed by atoms with E-state index in [1.54, 1.807) is 18.2 Å². The van der Waals surface area contributed by atoms with Gasteiger partial charge in [0.25, 0.3) is 11.5 Å². The third kappa shape index (κ3) is 6.01. The van der Waals surface area contributed by atoms with Gasteiger partial charge in [-0.25, -0.2) is 4.98 Å². The minimum absolute atomic E-state index is 0.0249. The van der Waals surface area contributed by atoms with E-state index in [-0.39, 0.29) is 23.9 Å². The molecule has 0 fully saturated rings. The van der Waals surface area contributed by atoms with E-state index in [2.05, 4.69) is 47.0 Å². The molecule has 2 aromatic carbocycles. The number of amides is 1. The van der Waals surface area contributed by atoms with Crippen molar-refractivity contribution in [2.75, 3.05) is 11.9 Å². The van der Waals surface area contributed by atoms with Crippen LogP contribution in [-0.4, -0.2) is 28.0 Å². The van der Waals surface area contributed by atoms with Crippen molar-refractivity contribution in [3.63, 3.8) is 0 Å². The van der Waals surface area contributed by atoms with E-state index >= 15 is 0 Å². The highest BCUT2D eigenvalue weighted by Gasteiger charge is 2.14. The van der Waals surface area contributed by atoms with Crippen LogP contribution >= 0.6 is 15.9 Å². The molecule has 0 saturated carbocycles. The molecule has 162 valence electrons. The van der Waals surface area contributed by atoms with Gasteiger partial charge in [-0.2, -0.15) is 0 Å². The highest BCUT2D eigenvalue weighted by atomic mass is 79.9. The lowest BCUT2D eigenvalue weighted by Gasteiger charge is -2.19. The number of hydrogen-bond donors (Lipinski definition) is 1. The normalized spacial score (nSPS) is 11.4. The second-order valence-corrected chi connectivity index (χ2v) is 9.11. The van der Waals surface area contributed by atoms with Crippen LogP contribution in [0.5, 0.6) is 0 Å². The van der Waals surface area contributed by atoms with Gasteiger partial charge in [0.05, 0.1) is 23.7 Å². The van der Waals surface area contributed by atoms with Crippen molar-refractivity contribution in [1.29, 1.82) is 0 Å². The van der Waals surface area contributed by atoms with Gasteiger partial charge in [-0.05, 0) is 41.3 Å². The zero-order valence-corrected chi connectivity index (χ0v) is 19.2. The van der Waals surface area contributed by atoms with E-state index in [4.69, 9.17) is 4.74 Å². The molecule has 0 unspecified atom stereocenters. The molecule has 0 aliphatic rings. The van der Waals surface area contributed by atoms with Gasteiger partial charge in [0.15, 0.2) is 6.61 Å². The van der Waals surface area contributed by atoms with Gasteiger partial charge in [0, 0.05) is 16.7 Å². The first kappa shape index (κ1) is 22.7. The maximum Gasteiger partial charge on any atom is 0.308 e. The van der Waals surface area contributed by atoms with Crippen LogP contribution in [0, 0.1) is 0 Å². The summed E-state index contributed by atoms with van der Waals surface area (Å²) < 4.78 is 7.16. The topological polar surface area (TPSA) is 90.3 Å². The van der Waals surface area contributed by atoms with Crippen LogP contribution in [0.2, 0.25) is 0 Å². The molecule has 0 radical (unpaired) electrons. The Morgan fingerprint density at radius 3 is 2.52 bits per heavy atom. The lowest BCUT2D eigenvalue weighted by molar-refractivity contribution is -0.147. The number of nitrogens with one attached hydrogen (secondary N) is 1. The number of rotatable bonds is 6. The van der Waals surface area contributed by atoms with Crippen LogP contribution in [0.1, 0.15) is 32.8 Å². The van der Waals surface area contributed by atoms with Gasteiger partial charge in [-0.3, -0.25) is 19.0 Å². The smallest absolute Gasteiger partial charge is 0.308 e. The number of fused-ring (bicyclic) bond motifs is 1. The summed E-state index contributed by atoms with van der Waals surface area (Å²) in [5, 5.41) is 3.16. The zero-order valence-electron chi connectivity index (χ0n) is 17.6. The van der Waals surface area contributed by atoms with Gasteiger partial charge in [0.1, 0.15) is 0 Å². The molecule has 0 atom stereocenters. The van der Waals surface area contributed by atoms with Crippen LogP contribution in [0.4, 0.5) is 5.69 Å². The summed E-state index contributed by atoms with van der Waals surface area (Å²) in [6, 6.07) is 12.8. The Labute approximate surface area is 188 Å². The lowest BCUT2D eigenvalue weighted by Crippen LogP contribution is -2.24. The summed E-state index contributed by atoms with van der Waals surface area (Å²) in [6.45, 7) is 6.06. The molecular weight excluding hydrogens is 462 g/mol. The standard InChI is InChI=1S/C23H24BrN3O4/c1-23(2,3)15-4-7-17(8-5-15)26-20(28)13-31-21(29)10-11-27-14-25-19-9-6-16(24)12-18(19)22(27)30/h4-9,12,14H,10-11,13H2,1-3H3,(H,26,28). The second-order valence-electron chi connectivity index (χ2n) is 8.19. The zero-order chi connectivity index (χ0) is 22.6. The van der Waals surface area contributed by atoms with Crippen molar-refractivity contribution in [3.05, 3.63) is 69.2 Å². The average molecular weight is 486 g/mol. The molecule has 0 spiro atoms. The van der Waals surface area contributed by atoms with Gasteiger partial charge < -0.3 is 10.1 Å². The third-order valence-corrected chi connectivity index (χ3v) is 5.24. The van der Waals surface area contributed by atoms with E-state index in [9.17, 15) is 14.4 Å². The average Bonchev–Trinajstić information content (AvgIpc) is 2.72. The van der Waals surface area contributed by atoms with Crippen molar-refractivity contribution in [2.45, 2.75) is 39.2 Å². The Morgan fingerprint density at radius 2 is 1.84 bits per heavy atom. The maximum absolute atomic E-state index is 12.5. The fourth-order valence-electron chi connectivity index (χ4n) is 2.97. The van der Waals surface area contributed by atoms with Crippen molar-refractivity contribution in [3.8, 4) is 0 Å². The first-order chi connectivity index (χ1) is 14.6. The number of carbonyl (C=O) groups excluding carboxylic acids is 2. The van der Waals surface area contributed by atoms with Crippen LogP contribution in [0.15, 0.2) is 58.1 Å². The molecular formula is C23H24BrN3O4. The van der Waals surface area contributed by atoms with Crippen molar-refractivity contribution >= 4 is 44.4 Å². The van der Waals surface area contributed by atoms with Crippen molar-refractivity contribution in [2.24, 2.45) is 0 Å². The van der Waals surface area contributed by atoms with E-state index in [1.807, 2.05) is 24.3 Å². The number of benzene rings is 2. The summed E-state index contributed by atoms with van der Waals surface area (Å²) in [7, 11) is 0. The number of ether oxygens (including phenoxy) is 1. The van der Waals surface area contributed by atoms with Crippen LogP contribution < -0.4 is 10.9 Å². The summed E-state index contributed by atoms with van der Waals surface area (Å²) >= 11 is 3.34. The number of aromatic nitrogens is 2. The molecule has 7 nitrogen and oxygen atoms in total. The predicted octanol–water partition coefficient (Wildman–Crippen LogP) is 4.03. The maximum atomic E-state index is 12.5. The monoisotopic (exact) mass is 485 g/mol. The summed E-state index contributed by atoms with van der Waals surface area (Å²) in [5.74, 6) is -0.995. The van der Waals surface area contributed by atoms with Gasteiger partial charge >= 0.3 is 5.97 Å². The van der Waals surface area contributed by atoms with Gasteiger partial charge in [-0.15, -0.1) is 0 Å². The lowest BCUT2D eigenvalue weighted by atomic mass is 9.87. The molecule has 1 aromatic heterocycles. The SMILES string of the molecule is CC(C)(C)c1ccc(NC(=O)COC(=O)CCn2cnc3ccc(Br)cc3c2=O)cc1. The largest absolute Gasteiger partial charge is 0.456 e. The molecule has 1 N–H and O–H groups in total. The summed E-state index contributed by atoms with van der Waals surface area (Å²) in [5.41, 5.74) is 2.16. The molecule has 0 saturated heterocycles. The number of nitrogens with zero attached hydrogens (tertiary/aromatic N) is 2. The molecule has 31 heavy (non-hydrogen) atoms. The summed E-state index contributed by atoms with van der Waals surface area (Å²) in [6.07, 6.45) is 1.36. The first-order valence-corrected chi connectivity index (χ1v) is 10.6. The second kappa shape index (κ2) is 9.43. The van der Waals surface area contributed by atoms with Crippen LogP contribution in [0.25, 0.3) is 10.9 Å². The number of hydrogen-bond acceptors (Lipinski definition) is 5. The first-order valence-electron chi connectivity index (χ1n) is 9.84. The van der Waals surface area contributed by atoms with Crippen molar-refractivity contribution in [1.82, 2.24) is 9.55 Å². The van der Waals surface area contributed by atoms with E-state index in [1.165, 1.54) is 10.9 Å². The van der Waals surface area contributed by atoms with Crippen molar-refractivity contribution < 1.29 is 14.3 Å². The van der Waals surface area contributed by atoms with E-state index in [0.29, 0.717) is 16.6 Å². The Hall–Kier alpha value is -3.00. The summed E-state index contributed by atoms with van der Waals surface area (Å²) in [4.78, 5) is 40.8. The number of anilines is 1. The molecule has 1 amide bonds. The molecule has 3 rings (SSSR count). The van der Waals surface area contributed by atoms with E-state index in [0.717, 1.165) is 10.0 Å². The Morgan fingerprint density at radius 1 is 1.13 bits per heavy atom. The number of esters is 1. The molecule has 1 heterocycles. The fourth-order valence-corrected chi connectivity index (χ4v) is 3.33. The van der Waals surface area contributed by atoms with Gasteiger partial charge in [-0.1, -0.05) is 48.8 Å². The molecule has 8 heteroatoms. The molecule has 0 bridgehead atoms. The Balaban J connectivity index is 1.50. The Bertz CT molecular complexity index is 1160. The predicted molar refractivity (Wildman–Crippen MR) is 123 cm³/mol. The van der Waals surface area contributed by atoms with Crippen LogP contribution in [-0.2, 0) is 26.3 Å². The molecule has 0 aliphatic heterocycles. The quantitative estimate of drug-likeness (QED) is 0.532. The number of halogens is 1. The Kier molecular flexibility index (Phi) is 6.90. The third-order valence-electron chi connectivity index (χ3n) is 4.74. The fraction of sp³-hybridized carbons (Fsp3) is 0.304. The molecule has 3 aromatic rings.